The molecule has 0 fully saturated rings. The number of anilines is 1. The van der Waals surface area contributed by atoms with Gasteiger partial charge in [-0.05, 0) is 18.1 Å². The van der Waals surface area contributed by atoms with Gasteiger partial charge in [0.05, 0.1) is 0 Å². The summed E-state index contributed by atoms with van der Waals surface area (Å²) in [5, 5.41) is 7.08. The number of amides is 2. The molecule has 1 aliphatic rings. The van der Waals surface area contributed by atoms with Crippen LogP contribution in [-0.4, -0.2) is 33.2 Å². The van der Waals surface area contributed by atoms with Crippen molar-refractivity contribution in [3.05, 3.63) is 42.5 Å². The molecule has 2 heterocycles. The van der Waals surface area contributed by atoms with Crippen LogP contribution < -0.4 is 10.3 Å². The zero-order chi connectivity index (χ0) is 13.2. The van der Waals surface area contributed by atoms with Gasteiger partial charge in [0, 0.05) is 12.2 Å². The van der Waals surface area contributed by atoms with Crippen LogP contribution in [0.25, 0.3) is 0 Å². The van der Waals surface area contributed by atoms with E-state index in [1.807, 2.05) is 24.3 Å². The van der Waals surface area contributed by atoms with Crippen molar-refractivity contribution >= 4 is 17.5 Å². The van der Waals surface area contributed by atoms with E-state index >= 15 is 0 Å². The highest BCUT2D eigenvalue weighted by Gasteiger charge is 2.28. The first kappa shape index (κ1) is 11.4. The van der Waals surface area contributed by atoms with Crippen LogP contribution in [-0.2, 0) is 16.0 Å². The van der Waals surface area contributed by atoms with Gasteiger partial charge < -0.3 is 4.90 Å². The largest absolute Gasteiger partial charge is 0.328 e. The SMILES string of the molecule is O=C(Nn1cnnc1)C(=O)N1CCc2ccccc21. The third kappa shape index (κ3) is 2.05. The Morgan fingerprint density at radius 2 is 1.89 bits per heavy atom. The van der Waals surface area contributed by atoms with Crippen LogP contribution in [0.1, 0.15) is 5.56 Å². The quantitative estimate of drug-likeness (QED) is 0.726. The fourth-order valence-corrected chi connectivity index (χ4v) is 2.10. The van der Waals surface area contributed by atoms with E-state index in [9.17, 15) is 9.59 Å². The minimum atomic E-state index is -0.712. The zero-order valence-electron chi connectivity index (χ0n) is 9.98. The number of carbonyl (C=O) groups is 2. The lowest BCUT2D eigenvalue weighted by atomic mass is 10.2. The molecule has 0 radical (unpaired) electrons. The summed E-state index contributed by atoms with van der Waals surface area (Å²) in [6.45, 7) is 0.522. The molecule has 2 amide bonds. The highest BCUT2D eigenvalue weighted by molar-refractivity contribution is 6.43. The Balaban J connectivity index is 1.77. The summed E-state index contributed by atoms with van der Waals surface area (Å²) in [5.41, 5.74) is 4.27. The summed E-state index contributed by atoms with van der Waals surface area (Å²) < 4.78 is 1.24. The molecule has 7 heteroatoms. The van der Waals surface area contributed by atoms with Crippen molar-refractivity contribution in [3.8, 4) is 0 Å². The van der Waals surface area contributed by atoms with E-state index < -0.39 is 11.8 Å². The lowest BCUT2D eigenvalue weighted by Crippen LogP contribution is -2.41. The average Bonchev–Trinajstić information content (AvgIpc) is 3.06. The average molecular weight is 257 g/mol. The van der Waals surface area contributed by atoms with Crippen LogP contribution in [0.5, 0.6) is 0 Å². The van der Waals surface area contributed by atoms with E-state index in [-0.39, 0.29) is 0 Å². The van der Waals surface area contributed by atoms with E-state index in [0.717, 1.165) is 17.7 Å². The van der Waals surface area contributed by atoms with Gasteiger partial charge in [0.15, 0.2) is 0 Å². The van der Waals surface area contributed by atoms with Gasteiger partial charge in [-0.3, -0.25) is 15.0 Å². The number of rotatable bonds is 1. The normalized spacial score (nSPS) is 13.2. The van der Waals surface area contributed by atoms with E-state index in [2.05, 4.69) is 15.6 Å². The smallest absolute Gasteiger partial charge is 0.303 e. The van der Waals surface area contributed by atoms with Gasteiger partial charge in [-0.25, -0.2) is 4.68 Å². The number of nitrogens with zero attached hydrogens (tertiary/aromatic N) is 4. The minimum Gasteiger partial charge on any atom is -0.303 e. The fourth-order valence-electron chi connectivity index (χ4n) is 2.10. The Kier molecular flexibility index (Phi) is 2.71. The third-order valence-electron chi connectivity index (χ3n) is 2.98. The Labute approximate surface area is 108 Å². The Morgan fingerprint density at radius 3 is 2.68 bits per heavy atom. The molecule has 2 aromatic rings. The lowest BCUT2D eigenvalue weighted by molar-refractivity contribution is -0.135. The predicted octanol–water partition coefficient (Wildman–Crippen LogP) is -0.0625. The van der Waals surface area contributed by atoms with Gasteiger partial charge in [-0.2, -0.15) is 0 Å². The van der Waals surface area contributed by atoms with Crippen LogP contribution in [0.15, 0.2) is 36.9 Å². The molecule has 1 aromatic carbocycles. The van der Waals surface area contributed by atoms with Crippen molar-refractivity contribution in [2.24, 2.45) is 0 Å². The van der Waals surface area contributed by atoms with Crippen molar-refractivity contribution in [1.29, 1.82) is 0 Å². The molecule has 19 heavy (non-hydrogen) atoms. The molecule has 0 bridgehead atoms. The Morgan fingerprint density at radius 1 is 1.16 bits per heavy atom. The molecular formula is C12H11N5O2. The molecule has 0 saturated carbocycles. The molecule has 1 N–H and O–H groups in total. The van der Waals surface area contributed by atoms with Crippen molar-refractivity contribution in [3.63, 3.8) is 0 Å². The number of nitrogens with one attached hydrogen (secondary N) is 1. The van der Waals surface area contributed by atoms with Crippen LogP contribution in [0.2, 0.25) is 0 Å². The van der Waals surface area contributed by atoms with E-state index in [1.54, 1.807) is 0 Å². The number of benzene rings is 1. The van der Waals surface area contributed by atoms with E-state index in [0.29, 0.717) is 6.54 Å². The molecule has 1 aromatic heterocycles. The summed E-state index contributed by atoms with van der Waals surface area (Å²) in [7, 11) is 0. The molecule has 96 valence electrons. The van der Waals surface area contributed by atoms with Crippen molar-refractivity contribution < 1.29 is 9.59 Å². The van der Waals surface area contributed by atoms with Gasteiger partial charge in [-0.1, -0.05) is 18.2 Å². The fraction of sp³-hybridized carbons (Fsp3) is 0.167. The van der Waals surface area contributed by atoms with Gasteiger partial charge in [0.25, 0.3) is 0 Å². The number of carbonyl (C=O) groups excluding carboxylic acids is 2. The first-order valence-electron chi connectivity index (χ1n) is 5.81. The predicted molar refractivity (Wildman–Crippen MR) is 66.9 cm³/mol. The van der Waals surface area contributed by atoms with Crippen molar-refractivity contribution in [2.75, 3.05) is 16.9 Å². The maximum Gasteiger partial charge on any atom is 0.328 e. The van der Waals surface area contributed by atoms with E-state index in [1.165, 1.54) is 22.2 Å². The van der Waals surface area contributed by atoms with Crippen LogP contribution >= 0.6 is 0 Å². The maximum atomic E-state index is 12.1. The summed E-state index contributed by atoms with van der Waals surface area (Å²) in [6.07, 6.45) is 3.38. The zero-order valence-corrected chi connectivity index (χ0v) is 9.98. The monoisotopic (exact) mass is 257 g/mol. The van der Waals surface area contributed by atoms with Crippen molar-refractivity contribution in [1.82, 2.24) is 14.9 Å². The summed E-state index contributed by atoms with van der Waals surface area (Å²) >= 11 is 0. The third-order valence-corrected chi connectivity index (χ3v) is 2.98. The molecule has 0 unspecified atom stereocenters. The highest BCUT2D eigenvalue weighted by Crippen LogP contribution is 2.27. The Hall–Kier alpha value is -2.70. The Bertz CT molecular complexity index is 623. The van der Waals surface area contributed by atoms with Gasteiger partial charge in [0.1, 0.15) is 12.7 Å². The second kappa shape index (κ2) is 4.52. The summed E-state index contributed by atoms with van der Waals surface area (Å²) in [4.78, 5) is 25.4. The second-order valence-corrected chi connectivity index (χ2v) is 4.15. The highest BCUT2D eigenvalue weighted by atomic mass is 16.2. The molecule has 0 spiro atoms. The number of aromatic nitrogens is 3. The van der Waals surface area contributed by atoms with Crippen LogP contribution in [0, 0.1) is 0 Å². The molecule has 1 aliphatic heterocycles. The molecule has 0 atom stereocenters. The maximum absolute atomic E-state index is 12.1. The van der Waals surface area contributed by atoms with Crippen molar-refractivity contribution in [2.45, 2.75) is 6.42 Å². The molecule has 3 rings (SSSR count). The number of hydrogen-bond donors (Lipinski definition) is 1. The number of para-hydroxylation sites is 1. The number of hydrogen-bond acceptors (Lipinski definition) is 4. The van der Waals surface area contributed by atoms with Gasteiger partial charge >= 0.3 is 11.8 Å². The van der Waals surface area contributed by atoms with Gasteiger partial charge in [-0.15, -0.1) is 10.2 Å². The van der Waals surface area contributed by atoms with E-state index in [4.69, 9.17) is 0 Å². The minimum absolute atomic E-state index is 0.522. The lowest BCUT2D eigenvalue weighted by Gasteiger charge is -2.16. The number of fused-ring (bicyclic) bond motifs is 1. The van der Waals surface area contributed by atoms with Crippen LogP contribution in [0.3, 0.4) is 0 Å². The standard InChI is InChI=1S/C12H11N5O2/c18-11(15-16-7-13-14-8-16)12(19)17-6-5-9-3-1-2-4-10(9)17/h1-4,7-8H,5-6H2,(H,15,18). The van der Waals surface area contributed by atoms with Crippen LogP contribution in [0.4, 0.5) is 5.69 Å². The molecule has 0 aliphatic carbocycles. The topological polar surface area (TPSA) is 80.1 Å². The summed E-state index contributed by atoms with van der Waals surface area (Å²) in [6, 6.07) is 7.57. The van der Waals surface area contributed by atoms with Gasteiger partial charge in [0.2, 0.25) is 0 Å². The summed E-state index contributed by atoms with van der Waals surface area (Å²) in [5.74, 6) is -1.30. The first-order valence-corrected chi connectivity index (χ1v) is 5.81. The first-order chi connectivity index (χ1) is 9.25. The molecule has 0 saturated heterocycles. The molecular weight excluding hydrogens is 246 g/mol. The second-order valence-electron chi connectivity index (χ2n) is 4.15. The molecule has 7 nitrogen and oxygen atoms in total.